The lowest BCUT2D eigenvalue weighted by molar-refractivity contribution is -0.145. The zero-order valence-electron chi connectivity index (χ0n) is 12.8. The van der Waals surface area contributed by atoms with Crippen molar-refractivity contribution in [2.45, 2.75) is 38.6 Å². The van der Waals surface area contributed by atoms with Gasteiger partial charge < -0.3 is 4.74 Å². The number of ether oxygens (including phenoxy) is 1. The molecule has 122 valence electrons. The van der Waals surface area contributed by atoms with Crippen LogP contribution in [-0.2, 0) is 19.6 Å². The zero-order chi connectivity index (χ0) is 16.3. The summed E-state index contributed by atoms with van der Waals surface area (Å²) in [5, 5.41) is -0.902. The van der Waals surface area contributed by atoms with Crippen LogP contribution in [0.1, 0.15) is 24.5 Å². The molecule has 1 aliphatic rings. The van der Waals surface area contributed by atoms with E-state index in [9.17, 15) is 13.2 Å². The molecule has 8 heteroatoms. The molecule has 0 radical (unpaired) electrons. The highest BCUT2D eigenvalue weighted by atomic mass is 32.2. The first-order chi connectivity index (χ1) is 10.3. The van der Waals surface area contributed by atoms with Crippen molar-refractivity contribution in [1.82, 2.24) is 10.9 Å². The fourth-order valence-corrected chi connectivity index (χ4v) is 3.73. The summed E-state index contributed by atoms with van der Waals surface area (Å²) in [6, 6.07) is 4.88. The van der Waals surface area contributed by atoms with Gasteiger partial charge in [0.2, 0.25) is 10.0 Å². The molecule has 0 bridgehead atoms. The minimum Gasteiger partial charge on any atom is -0.465 e. The van der Waals surface area contributed by atoms with Crippen LogP contribution in [-0.4, -0.2) is 32.4 Å². The predicted octanol–water partition coefficient (Wildman–Crippen LogP) is 0.801. The summed E-state index contributed by atoms with van der Waals surface area (Å²) < 4.78 is 32.4. The van der Waals surface area contributed by atoms with Crippen LogP contribution in [0.25, 0.3) is 0 Å². The minimum atomic E-state index is -3.67. The van der Waals surface area contributed by atoms with E-state index in [2.05, 4.69) is 15.6 Å². The minimum absolute atomic E-state index is 0.110. The molecule has 0 saturated carbocycles. The second-order valence-corrected chi connectivity index (χ2v) is 7.09. The fourth-order valence-electron chi connectivity index (χ4n) is 2.32. The van der Waals surface area contributed by atoms with Gasteiger partial charge in [0.15, 0.2) is 0 Å². The maximum Gasteiger partial charge on any atom is 0.324 e. The van der Waals surface area contributed by atoms with Crippen molar-refractivity contribution in [2.75, 3.05) is 11.3 Å². The van der Waals surface area contributed by atoms with Gasteiger partial charge in [-0.3, -0.25) is 9.52 Å². The SMILES string of the molecule is CCOC(=O)C1CC(S(=O)(=O)Nc2c(C)cccc2C)NN1. The second kappa shape index (κ2) is 6.64. The molecule has 0 spiro atoms. The number of para-hydroxylation sites is 1. The molecule has 2 rings (SSSR count). The largest absolute Gasteiger partial charge is 0.465 e. The van der Waals surface area contributed by atoms with E-state index >= 15 is 0 Å². The van der Waals surface area contributed by atoms with Gasteiger partial charge in [-0.15, -0.1) is 0 Å². The Hall–Kier alpha value is -1.64. The van der Waals surface area contributed by atoms with Crippen molar-refractivity contribution in [2.24, 2.45) is 0 Å². The highest BCUT2D eigenvalue weighted by molar-refractivity contribution is 7.93. The predicted molar refractivity (Wildman–Crippen MR) is 83.6 cm³/mol. The summed E-state index contributed by atoms with van der Waals surface area (Å²) in [6.45, 7) is 5.64. The van der Waals surface area contributed by atoms with Crippen molar-refractivity contribution < 1.29 is 17.9 Å². The number of hydrogen-bond acceptors (Lipinski definition) is 6. The molecular formula is C14H21N3O4S. The molecule has 3 N–H and O–H groups in total. The Morgan fingerprint density at radius 1 is 1.32 bits per heavy atom. The van der Waals surface area contributed by atoms with Gasteiger partial charge in [-0.05, 0) is 31.9 Å². The first kappa shape index (κ1) is 16.7. The number of benzene rings is 1. The highest BCUT2D eigenvalue weighted by Gasteiger charge is 2.38. The lowest BCUT2D eigenvalue weighted by Gasteiger charge is -2.16. The van der Waals surface area contributed by atoms with Gasteiger partial charge >= 0.3 is 5.97 Å². The third kappa shape index (κ3) is 3.57. The number of carbonyl (C=O) groups excluding carboxylic acids is 1. The molecule has 22 heavy (non-hydrogen) atoms. The molecule has 7 nitrogen and oxygen atoms in total. The van der Waals surface area contributed by atoms with E-state index in [1.165, 1.54) is 0 Å². The van der Waals surface area contributed by atoms with E-state index in [1.807, 2.05) is 32.0 Å². The van der Waals surface area contributed by atoms with E-state index < -0.39 is 27.4 Å². The molecule has 1 aromatic rings. The Morgan fingerprint density at radius 3 is 2.55 bits per heavy atom. The molecule has 1 saturated heterocycles. The molecule has 0 aromatic heterocycles. The van der Waals surface area contributed by atoms with Gasteiger partial charge in [-0.25, -0.2) is 19.3 Å². The van der Waals surface area contributed by atoms with E-state index in [4.69, 9.17) is 4.74 Å². The molecule has 1 aromatic carbocycles. The van der Waals surface area contributed by atoms with Gasteiger partial charge in [-0.1, -0.05) is 18.2 Å². The average Bonchev–Trinajstić information content (AvgIpc) is 2.94. The van der Waals surface area contributed by atoms with Crippen molar-refractivity contribution in [3.05, 3.63) is 29.3 Å². The Labute approximate surface area is 130 Å². The molecule has 1 aliphatic heterocycles. The maximum absolute atomic E-state index is 12.5. The van der Waals surface area contributed by atoms with Crippen molar-refractivity contribution in [3.63, 3.8) is 0 Å². The number of nitrogens with one attached hydrogen (secondary N) is 3. The number of hydrazine groups is 1. The summed E-state index contributed by atoms with van der Waals surface area (Å²) in [5.41, 5.74) is 7.57. The number of hydrogen-bond donors (Lipinski definition) is 3. The van der Waals surface area contributed by atoms with Crippen LogP contribution >= 0.6 is 0 Å². The summed E-state index contributed by atoms with van der Waals surface area (Å²) >= 11 is 0. The van der Waals surface area contributed by atoms with E-state index in [0.717, 1.165) is 11.1 Å². The third-order valence-corrected chi connectivity index (χ3v) is 5.09. The Balaban J connectivity index is 2.10. The standard InChI is InChI=1S/C14H21N3O4S/c1-4-21-14(18)11-8-12(16-15-11)22(19,20)17-13-9(2)6-5-7-10(13)3/h5-7,11-12,15-17H,4,8H2,1-3H3. The fraction of sp³-hybridized carbons (Fsp3) is 0.500. The quantitative estimate of drug-likeness (QED) is 0.692. The van der Waals surface area contributed by atoms with Crippen LogP contribution in [0.5, 0.6) is 0 Å². The summed E-state index contributed by atoms with van der Waals surface area (Å²) in [7, 11) is -3.67. The van der Waals surface area contributed by atoms with E-state index in [-0.39, 0.29) is 13.0 Å². The van der Waals surface area contributed by atoms with Gasteiger partial charge in [0, 0.05) is 6.42 Å². The molecule has 0 amide bonds. The third-order valence-electron chi connectivity index (χ3n) is 3.54. The van der Waals surface area contributed by atoms with Crippen LogP contribution in [0.4, 0.5) is 5.69 Å². The summed E-state index contributed by atoms with van der Waals surface area (Å²) in [5.74, 6) is -0.459. The molecular weight excluding hydrogens is 306 g/mol. The first-order valence-electron chi connectivity index (χ1n) is 7.10. The number of anilines is 1. The monoisotopic (exact) mass is 327 g/mol. The van der Waals surface area contributed by atoms with E-state index in [1.54, 1.807) is 6.92 Å². The first-order valence-corrected chi connectivity index (χ1v) is 8.65. The number of rotatable bonds is 5. The highest BCUT2D eigenvalue weighted by Crippen LogP contribution is 2.23. The van der Waals surface area contributed by atoms with E-state index in [0.29, 0.717) is 5.69 Å². The molecule has 1 heterocycles. The molecule has 2 unspecified atom stereocenters. The number of aryl methyl sites for hydroxylation is 2. The van der Waals surface area contributed by atoms with Gasteiger partial charge in [0.05, 0.1) is 12.3 Å². The zero-order valence-corrected chi connectivity index (χ0v) is 13.7. The number of esters is 1. The van der Waals surface area contributed by atoms with Crippen molar-refractivity contribution >= 4 is 21.7 Å². The average molecular weight is 327 g/mol. The van der Waals surface area contributed by atoms with Gasteiger partial charge in [-0.2, -0.15) is 0 Å². The normalized spacial score (nSPS) is 21.6. The van der Waals surface area contributed by atoms with Crippen LogP contribution in [0.2, 0.25) is 0 Å². The second-order valence-electron chi connectivity index (χ2n) is 5.23. The van der Waals surface area contributed by atoms with Crippen molar-refractivity contribution in [1.29, 1.82) is 0 Å². The number of sulfonamides is 1. The van der Waals surface area contributed by atoms with Gasteiger partial charge in [0.1, 0.15) is 11.4 Å². The summed E-state index contributed by atoms with van der Waals surface area (Å²) in [6.07, 6.45) is 0.110. The van der Waals surface area contributed by atoms with Crippen LogP contribution in [0, 0.1) is 13.8 Å². The van der Waals surface area contributed by atoms with Crippen LogP contribution < -0.4 is 15.6 Å². The molecule has 2 atom stereocenters. The maximum atomic E-state index is 12.5. The summed E-state index contributed by atoms with van der Waals surface area (Å²) in [4.78, 5) is 11.6. The lowest BCUT2D eigenvalue weighted by atomic mass is 10.1. The lowest BCUT2D eigenvalue weighted by Crippen LogP contribution is -2.41. The van der Waals surface area contributed by atoms with Crippen LogP contribution in [0.15, 0.2) is 18.2 Å². The molecule has 1 fully saturated rings. The van der Waals surface area contributed by atoms with Gasteiger partial charge in [0.25, 0.3) is 0 Å². The van der Waals surface area contributed by atoms with Crippen LogP contribution in [0.3, 0.4) is 0 Å². The Morgan fingerprint density at radius 2 is 1.95 bits per heavy atom. The number of carbonyl (C=O) groups is 1. The Kier molecular flexibility index (Phi) is 5.05. The Bertz CT molecular complexity index is 640. The smallest absolute Gasteiger partial charge is 0.324 e. The van der Waals surface area contributed by atoms with Crippen molar-refractivity contribution in [3.8, 4) is 0 Å². The topological polar surface area (TPSA) is 96.5 Å². The molecule has 0 aliphatic carbocycles.